The Bertz CT molecular complexity index is 731. The molecule has 0 radical (unpaired) electrons. The number of nitrogens with zero attached hydrogens (tertiary/aromatic N) is 3. The van der Waals surface area contributed by atoms with Gasteiger partial charge in [0.25, 0.3) is 0 Å². The number of carbonyl (C=O) groups excluding carboxylic acids is 1. The zero-order chi connectivity index (χ0) is 16.8. The number of ether oxygens (including phenoxy) is 1. The highest BCUT2D eigenvalue weighted by atomic mass is 35.5. The van der Waals surface area contributed by atoms with Crippen LogP contribution in [-0.2, 0) is 16.2 Å². The Hall–Kier alpha value is -2.25. The molecule has 7 nitrogen and oxygen atoms in total. The number of methoxy groups -OCH3 is 1. The number of nitrogens with two attached hydrogens (primary N) is 1. The number of amidine groups is 1. The lowest BCUT2D eigenvalue weighted by molar-refractivity contribution is -0.143. The Morgan fingerprint density at radius 2 is 2.17 bits per heavy atom. The maximum Gasteiger partial charge on any atom is 0.336 e. The summed E-state index contributed by atoms with van der Waals surface area (Å²) in [6.45, 7) is 0.321. The van der Waals surface area contributed by atoms with Gasteiger partial charge in [-0.1, -0.05) is 28.4 Å². The second-order valence-corrected chi connectivity index (χ2v) is 5.33. The van der Waals surface area contributed by atoms with Gasteiger partial charge in [-0.25, -0.2) is 4.79 Å². The van der Waals surface area contributed by atoms with Crippen molar-refractivity contribution in [2.24, 2.45) is 10.9 Å². The quantitative estimate of drug-likeness (QED) is 0.371. The Labute approximate surface area is 142 Å². The fraction of sp³-hybridized carbons (Fsp3) is 0.214. The van der Waals surface area contributed by atoms with Crippen LogP contribution in [0.25, 0.3) is 0 Å². The van der Waals surface area contributed by atoms with E-state index < -0.39 is 5.97 Å². The van der Waals surface area contributed by atoms with Gasteiger partial charge in [0.15, 0.2) is 5.84 Å². The molecular weight excluding hydrogens is 343 g/mol. The molecule has 0 aliphatic carbocycles. The molecule has 0 aliphatic heterocycles. The Morgan fingerprint density at radius 3 is 2.83 bits per heavy atom. The number of hydrogen-bond acceptors (Lipinski definition) is 5. The van der Waals surface area contributed by atoms with Gasteiger partial charge in [-0.15, -0.1) is 0 Å². The highest BCUT2D eigenvalue weighted by Gasteiger charge is 2.10. The van der Waals surface area contributed by atoms with E-state index in [0.717, 1.165) is 0 Å². The predicted octanol–water partition coefficient (Wildman–Crippen LogP) is 2.45. The van der Waals surface area contributed by atoms with E-state index in [1.54, 1.807) is 24.4 Å². The highest BCUT2D eigenvalue weighted by Crippen LogP contribution is 2.22. The number of benzene rings is 1. The highest BCUT2D eigenvalue weighted by molar-refractivity contribution is 6.31. The summed E-state index contributed by atoms with van der Waals surface area (Å²) in [7, 11) is 1.49. The van der Waals surface area contributed by atoms with Crippen LogP contribution < -0.4 is 10.5 Å². The van der Waals surface area contributed by atoms with E-state index >= 15 is 0 Å². The third kappa shape index (κ3) is 4.87. The van der Waals surface area contributed by atoms with Crippen LogP contribution in [0, 0.1) is 0 Å². The SMILES string of the molecule is COc1ccc(Cl)cc1/C(N)=N/OC(=O)CCn1cc(Cl)cn1. The number of halogens is 2. The predicted molar refractivity (Wildman–Crippen MR) is 86.7 cm³/mol. The Balaban J connectivity index is 1.96. The van der Waals surface area contributed by atoms with E-state index in [1.807, 2.05) is 0 Å². The summed E-state index contributed by atoms with van der Waals surface area (Å²) < 4.78 is 6.68. The smallest absolute Gasteiger partial charge is 0.336 e. The molecule has 122 valence electrons. The molecule has 2 N–H and O–H groups in total. The molecule has 2 aromatic rings. The van der Waals surface area contributed by atoms with Crippen molar-refractivity contribution >= 4 is 35.0 Å². The summed E-state index contributed by atoms with van der Waals surface area (Å²) in [6, 6.07) is 4.86. The lowest BCUT2D eigenvalue weighted by Crippen LogP contribution is -2.17. The van der Waals surface area contributed by atoms with Gasteiger partial charge in [-0.05, 0) is 18.2 Å². The largest absolute Gasteiger partial charge is 0.496 e. The van der Waals surface area contributed by atoms with E-state index in [4.69, 9.17) is 38.5 Å². The molecule has 0 atom stereocenters. The third-order valence-corrected chi connectivity index (χ3v) is 3.26. The first kappa shape index (κ1) is 17.1. The maximum absolute atomic E-state index is 11.7. The molecule has 0 aliphatic rings. The number of oxime groups is 1. The van der Waals surface area contributed by atoms with Crippen LogP contribution in [0.3, 0.4) is 0 Å². The number of hydrogen-bond donors (Lipinski definition) is 1. The second-order valence-electron chi connectivity index (χ2n) is 4.46. The van der Waals surface area contributed by atoms with E-state index in [-0.39, 0.29) is 12.3 Å². The van der Waals surface area contributed by atoms with E-state index in [9.17, 15) is 4.79 Å². The maximum atomic E-state index is 11.7. The third-order valence-electron chi connectivity index (χ3n) is 2.83. The summed E-state index contributed by atoms with van der Waals surface area (Å²) in [5.41, 5.74) is 6.24. The van der Waals surface area contributed by atoms with Gasteiger partial charge in [0.05, 0.1) is 36.9 Å². The summed E-state index contributed by atoms with van der Waals surface area (Å²) >= 11 is 11.6. The first-order valence-electron chi connectivity index (χ1n) is 6.55. The van der Waals surface area contributed by atoms with Crippen LogP contribution in [0.15, 0.2) is 35.7 Å². The van der Waals surface area contributed by atoms with Gasteiger partial charge < -0.3 is 15.3 Å². The normalized spacial score (nSPS) is 11.3. The van der Waals surface area contributed by atoms with Crippen molar-refractivity contribution in [3.05, 3.63) is 46.2 Å². The molecule has 0 spiro atoms. The van der Waals surface area contributed by atoms with Crippen LogP contribution in [0.4, 0.5) is 0 Å². The minimum Gasteiger partial charge on any atom is -0.496 e. The molecule has 0 amide bonds. The zero-order valence-corrected chi connectivity index (χ0v) is 13.7. The molecule has 2 rings (SSSR count). The number of rotatable bonds is 6. The standard InChI is InChI=1S/C14H14Cl2N4O3/c1-22-12-3-2-9(15)6-11(12)14(17)19-23-13(21)4-5-20-8-10(16)7-18-20/h2-3,6-8H,4-5H2,1H3,(H2,17,19). The van der Waals surface area contributed by atoms with Crippen molar-refractivity contribution < 1.29 is 14.4 Å². The molecule has 0 saturated heterocycles. The summed E-state index contributed by atoms with van der Waals surface area (Å²) in [4.78, 5) is 16.4. The first-order chi connectivity index (χ1) is 11.0. The van der Waals surface area contributed by atoms with Crippen molar-refractivity contribution in [3.8, 4) is 5.75 Å². The Morgan fingerprint density at radius 1 is 1.39 bits per heavy atom. The fourth-order valence-corrected chi connectivity index (χ4v) is 2.07. The lowest BCUT2D eigenvalue weighted by Gasteiger charge is -2.07. The minimum atomic E-state index is -0.555. The fourth-order valence-electron chi connectivity index (χ4n) is 1.74. The Kier molecular flexibility index (Phi) is 5.84. The molecular formula is C14H14Cl2N4O3. The topological polar surface area (TPSA) is 91.7 Å². The minimum absolute atomic E-state index is 0.0140. The van der Waals surface area contributed by atoms with Crippen molar-refractivity contribution in [1.82, 2.24) is 9.78 Å². The van der Waals surface area contributed by atoms with Crippen LogP contribution in [-0.4, -0.2) is 28.7 Å². The molecule has 0 bridgehead atoms. The van der Waals surface area contributed by atoms with E-state index in [2.05, 4.69) is 10.3 Å². The van der Waals surface area contributed by atoms with Crippen LogP contribution in [0.2, 0.25) is 10.0 Å². The average Bonchev–Trinajstić information content (AvgIpc) is 2.96. The van der Waals surface area contributed by atoms with Gasteiger partial charge in [0.1, 0.15) is 5.75 Å². The van der Waals surface area contributed by atoms with Gasteiger partial charge in [0, 0.05) is 11.2 Å². The van der Waals surface area contributed by atoms with Crippen LogP contribution >= 0.6 is 23.2 Å². The molecule has 23 heavy (non-hydrogen) atoms. The number of carbonyl (C=O) groups is 1. The van der Waals surface area contributed by atoms with Crippen molar-refractivity contribution in [3.63, 3.8) is 0 Å². The summed E-state index contributed by atoms with van der Waals surface area (Å²) in [5.74, 6) is -0.0988. The monoisotopic (exact) mass is 356 g/mol. The molecule has 9 heteroatoms. The van der Waals surface area contributed by atoms with E-state index in [1.165, 1.54) is 18.0 Å². The lowest BCUT2D eigenvalue weighted by atomic mass is 10.2. The van der Waals surface area contributed by atoms with Gasteiger partial charge >= 0.3 is 5.97 Å². The molecule has 1 aromatic carbocycles. The zero-order valence-electron chi connectivity index (χ0n) is 12.2. The van der Waals surface area contributed by atoms with Crippen LogP contribution in [0.5, 0.6) is 5.75 Å². The van der Waals surface area contributed by atoms with Gasteiger partial charge in [-0.2, -0.15) is 5.10 Å². The number of aromatic nitrogens is 2. The summed E-state index contributed by atoms with van der Waals surface area (Å²) in [6.07, 6.45) is 3.15. The molecule has 0 fully saturated rings. The van der Waals surface area contributed by atoms with E-state index in [0.29, 0.717) is 27.9 Å². The summed E-state index contributed by atoms with van der Waals surface area (Å²) in [5, 5.41) is 8.51. The average molecular weight is 357 g/mol. The van der Waals surface area contributed by atoms with Gasteiger partial charge in [-0.3, -0.25) is 4.68 Å². The molecule has 0 unspecified atom stereocenters. The van der Waals surface area contributed by atoms with Crippen molar-refractivity contribution in [2.45, 2.75) is 13.0 Å². The first-order valence-corrected chi connectivity index (χ1v) is 7.30. The molecule has 0 saturated carbocycles. The number of aryl methyl sites for hydroxylation is 1. The molecule has 1 aromatic heterocycles. The van der Waals surface area contributed by atoms with Crippen molar-refractivity contribution in [2.75, 3.05) is 7.11 Å². The van der Waals surface area contributed by atoms with Crippen molar-refractivity contribution in [1.29, 1.82) is 0 Å². The molecule has 1 heterocycles. The second kappa shape index (κ2) is 7.85. The van der Waals surface area contributed by atoms with Crippen LogP contribution in [0.1, 0.15) is 12.0 Å². The van der Waals surface area contributed by atoms with Gasteiger partial charge in [0.2, 0.25) is 0 Å².